The Bertz CT molecular complexity index is 588. The van der Waals surface area contributed by atoms with E-state index >= 15 is 0 Å². The summed E-state index contributed by atoms with van der Waals surface area (Å²) in [4.78, 5) is 28.5. The molecule has 0 saturated carbocycles. The summed E-state index contributed by atoms with van der Waals surface area (Å²) in [7, 11) is 0. The summed E-state index contributed by atoms with van der Waals surface area (Å²) < 4.78 is 5.46. The van der Waals surface area contributed by atoms with Gasteiger partial charge in [0.25, 0.3) is 5.91 Å². The molecule has 6 nitrogen and oxygen atoms in total. The topological polar surface area (TPSA) is 75.9 Å². The van der Waals surface area contributed by atoms with Crippen molar-refractivity contribution >= 4 is 11.8 Å². The Morgan fingerprint density at radius 2 is 1.75 bits per heavy atom. The lowest BCUT2D eigenvalue weighted by Crippen LogP contribution is -2.54. The molecule has 1 aromatic rings. The fourth-order valence-corrected chi connectivity index (χ4v) is 3.24. The van der Waals surface area contributed by atoms with Crippen LogP contribution in [0.1, 0.15) is 30.0 Å². The summed E-state index contributed by atoms with van der Waals surface area (Å²) >= 11 is 0. The van der Waals surface area contributed by atoms with Gasteiger partial charge in [0.1, 0.15) is 12.1 Å². The van der Waals surface area contributed by atoms with Gasteiger partial charge in [-0.25, -0.2) is 0 Å². The molecular weight excluding hydrogens is 306 g/mol. The molecule has 2 amide bonds. The van der Waals surface area contributed by atoms with Gasteiger partial charge in [-0.1, -0.05) is 29.8 Å². The minimum atomic E-state index is -0.647. The van der Waals surface area contributed by atoms with E-state index in [1.165, 1.54) is 0 Å². The molecule has 2 aliphatic rings. The van der Waals surface area contributed by atoms with Gasteiger partial charge in [-0.3, -0.25) is 9.59 Å². The summed E-state index contributed by atoms with van der Waals surface area (Å²) in [6.45, 7) is 4.81. The molecule has 24 heavy (non-hydrogen) atoms. The van der Waals surface area contributed by atoms with Gasteiger partial charge in [0.2, 0.25) is 5.91 Å². The van der Waals surface area contributed by atoms with E-state index in [1.54, 1.807) is 9.80 Å². The number of carbonyl (C=O) groups excluding carboxylic acids is 2. The number of hydrogen-bond acceptors (Lipinski definition) is 4. The highest BCUT2D eigenvalue weighted by atomic mass is 16.5. The van der Waals surface area contributed by atoms with Crippen molar-refractivity contribution in [2.24, 2.45) is 5.73 Å². The van der Waals surface area contributed by atoms with Crippen LogP contribution >= 0.6 is 0 Å². The van der Waals surface area contributed by atoms with Crippen LogP contribution in [0.2, 0.25) is 0 Å². The highest BCUT2D eigenvalue weighted by Crippen LogP contribution is 2.18. The second-order valence-corrected chi connectivity index (χ2v) is 6.54. The number of aryl methyl sites for hydroxylation is 1. The second kappa shape index (κ2) is 7.32. The smallest absolute Gasteiger partial charge is 0.251 e. The molecule has 0 radical (unpaired) electrons. The quantitative estimate of drug-likeness (QED) is 0.891. The zero-order chi connectivity index (χ0) is 17.1. The van der Waals surface area contributed by atoms with Crippen LogP contribution in [0.4, 0.5) is 0 Å². The fourth-order valence-electron chi connectivity index (χ4n) is 3.24. The predicted molar refractivity (Wildman–Crippen MR) is 90.2 cm³/mol. The summed E-state index contributed by atoms with van der Waals surface area (Å²) in [5, 5.41) is 0. The fraction of sp³-hybridized carbons (Fsp3) is 0.556. The molecular formula is C18H25N3O3. The molecule has 130 valence electrons. The molecule has 2 N–H and O–H groups in total. The van der Waals surface area contributed by atoms with E-state index in [2.05, 4.69) is 0 Å². The number of carbonyl (C=O) groups is 2. The first-order chi connectivity index (χ1) is 11.6. The maximum Gasteiger partial charge on any atom is 0.251 e. The number of nitrogens with zero attached hydrogens (tertiary/aromatic N) is 2. The van der Waals surface area contributed by atoms with Crippen LogP contribution in [0, 0.1) is 6.92 Å². The summed E-state index contributed by atoms with van der Waals surface area (Å²) in [5.74, 6) is -0.0227. The van der Waals surface area contributed by atoms with E-state index in [4.69, 9.17) is 10.5 Å². The van der Waals surface area contributed by atoms with E-state index in [0.29, 0.717) is 32.8 Å². The molecule has 6 heteroatoms. The normalized spacial score (nSPS) is 22.5. The molecule has 2 saturated heterocycles. The molecule has 0 bridgehead atoms. The number of rotatable bonds is 3. The predicted octanol–water partition coefficient (Wildman–Crippen LogP) is 0.845. The average Bonchev–Trinajstić information content (AvgIpc) is 3.15. The number of amides is 2. The molecule has 2 fully saturated rings. The molecule has 0 spiro atoms. The van der Waals surface area contributed by atoms with Crippen molar-refractivity contribution in [1.82, 2.24) is 9.80 Å². The van der Waals surface area contributed by atoms with Crippen molar-refractivity contribution in [3.05, 3.63) is 35.4 Å². The second-order valence-electron chi connectivity index (χ2n) is 6.54. The Labute approximate surface area is 142 Å². The zero-order valence-electron chi connectivity index (χ0n) is 14.1. The first kappa shape index (κ1) is 16.9. The number of benzene rings is 1. The van der Waals surface area contributed by atoms with E-state index in [-0.39, 0.29) is 17.9 Å². The lowest BCUT2D eigenvalue weighted by Gasteiger charge is -2.36. The Morgan fingerprint density at radius 3 is 2.33 bits per heavy atom. The average molecular weight is 331 g/mol. The third-order valence-corrected chi connectivity index (χ3v) is 4.81. The van der Waals surface area contributed by atoms with Gasteiger partial charge >= 0.3 is 0 Å². The lowest BCUT2D eigenvalue weighted by molar-refractivity contribution is -0.146. The Balaban J connectivity index is 1.54. The van der Waals surface area contributed by atoms with Gasteiger partial charge in [0.05, 0.1) is 0 Å². The van der Waals surface area contributed by atoms with Gasteiger partial charge in [0.15, 0.2) is 0 Å². The van der Waals surface area contributed by atoms with E-state index < -0.39 is 6.04 Å². The van der Waals surface area contributed by atoms with Crippen molar-refractivity contribution in [3.8, 4) is 0 Å². The van der Waals surface area contributed by atoms with Crippen LogP contribution in [0.15, 0.2) is 24.3 Å². The first-order valence-electron chi connectivity index (χ1n) is 8.57. The number of piperazine rings is 1. The van der Waals surface area contributed by atoms with Crippen molar-refractivity contribution < 1.29 is 14.3 Å². The van der Waals surface area contributed by atoms with Crippen LogP contribution < -0.4 is 5.73 Å². The largest absolute Gasteiger partial charge is 0.368 e. The van der Waals surface area contributed by atoms with Gasteiger partial charge in [-0.2, -0.15) is 0 Å². The van der Waals surface area contributed by atoms with Crippen molar-refractivity contribution in [2.45, 2.75) is 31.9 Å². The summed E-state index contributed by atoms with van der Waals surface area (Å²) in [5.41, 5.74) is 8.08. The molecule has 3 rings (SSSR count). The molecule has 2 heterocycles. The molecule has 2 aliphatic heterocycles. The molecule has 0 aromatic heterocycles. The Kier molecular flexibility index (Phi) is 5.16. The van der Waals surface area contributed by atoms with Crippen LogP contribution in [0.25, 0.3) is 0 Å². The highest BCUT2D eigenvalue weighted by Gasteiger charge is 2.32. The minimum Gasteiger partial charge on any atom is -0.368 e. The van der Waals surface area contributed by atoms with Crippen molar-refractivity contribution in [2.75, 3.05) is 32.8 Å². The Morgan fingerprint density at radius 1 is 1.12 bits per heavy atom. The maximum atomic E-state index is 12.6. The number of ether oxygens (including phenoxy) is 1. The minimum absolute atomic E-state index is 0.0578. The van der Waals surface area contributed by atoms with E-state index in [1.807, 2.05) is 31.2 Å². The molecule has 2 unspecified atom stereocenters. The highest BCUT2D eigenvalue weighted by molar-refractivity contribution is 5.84. The Hall–Kier alpha value is -1.92. The van der Waals surface area contributed by atoms with Gasteiger partial charge in [-0.05, 0) is 25.3 Å². The lowest BCUT2D eigenvalue weighted by atomic mass is 10.0. The summed E-state index contributed by atoms with van der Waals surface area (Å²) in [6.07, 6.45) is 1.46. The van der Waals surface area contributed by atoms with Crippen molar-refractivity contribution in [1.29, 1.82) is 0 Å². The molecule has 2 atom stereocenters. The number of hydrogen-bond donors (Lipinski definition) is 1. The van der Waals surface area contributed by atoms with Gasteiger partial charge in [0, 0.05) is 32.8 Å². The standard InChI is InChI=1S/C18H25N3O3/c1-13-4-6-14(7-5-13)16(19)18(23)21-10-8-20(9-11-21)17(22)15-3-2-12-24-15/h4-7,15-16H,2-3,8-12,19H2,1H3. The van der Waals surface area contributed by atoms with Crippen LogP contribution in [0.5, 0.6) is 0 Å². The van der Waals surface area contributed by atoms with Crippen molar-refractivity contribution in [3.63, 3.8) is 0 Å². The summed E-state index contributed by atoms with van der Waals surface area (Å²) in [6, 6.07) is 7.07. The van der Waals surface area contributed by atoms with E-state index in [9.17, 15) is 9.59 Å². The van der Waals surface area contributed by atoms with Gasteiger partial charge in [-0.15, -0.1) is 0 Å². The SMILES string of the molecule is Cc1ccc(C(N)C(=O)N2CCN(C(=O)C3CCCO3)CC2)cc1. The molecule has 0 aliphatic carbocycles. The first-order valence-corrected chi connectivity index (χ1v) is 8.57. The maximum absolute atomic E-state index is 12.6. The third-order valence-electron chi connectivity index (χ3n) is 4.81. The van der Waals surface area contributed by atoms with Gasteiger partial charge < -0.3 is 20.3 Å². The monoisotopic (exact) mass is 331 g/mol. The number of nitrogens with two attached hydrogens (primary N) is 1. The molecule has 1 aromatic carbocycles. The van der Waals surface area contributed by atoms with Crippen LogP contribution in [-0.2, 0) is 14.3 Å². The van der Waals surface area contributed by atoms with E-state index in [0.717, 1.165) is 24.0 Å². The van der Waals surface area contributed by atoms with Crippen LogP contribution in [-0.4, -0.2) is 60.5 Å². The van der Waals surface area contributed by atoms with Crippen LogP contribution in [0.3, 0.4) is 0 Å². The zero-order valence-corrected chi connectivity index (χ0v) is 14.1. The third kappa shape index (κ3) is 3.60.